The molecular formula is C9H5F2NOS. The van der Waals surface area contributed by atoms with Crippen LogP contribution in [-0.4, -0.2) is 11.1 Å². The third kappa shape index (κ3) is 2.52. The minimum Gasteiger partial charge on any atom is -0.271 e. The molecule has 0 unspecified atom stereocenters. The largest absolute Gasteiger partial charge is 0.271 e. The smallest absolute Gasteiger partial charge is 0.259 e. The molecule has 1 amide bonds. The van der Waals surface area contributed by atoms with Crippen LogP contribution in [0.2, 0.25) is 0 Å². The summed E-state index contributed by atoms with van der Waals surface area (Å²) in [5, 5.41) is 1.86. The number of carbonyl (C=O) groups excluding carboxylic acids is 1. The van der Waals surface area contributed by atoms with Crippen LogP contribution >= 0.6 is 12.2 Å². The number of thiocarbonyl (C=S) groups is 1. The highest BCUT2D eigenvalue weighted by Gasteiger charge is 2.10. The van der Waals surface area contributed by atoms with Crippen molar-refractivity contribution < 1.29 is 13.6 Å². The van der Waals surface area contributed by atoms with Crippen molar-refractivity contribution in [1.82, 2.24) is 0 Å². The fourth-order valence-electron chi connectivity index (χ4n) is 0.938. The van der Waals surface area contributed by atoms with E-state index >= 15 is 0 Å². The zero-order chi connectivity index (χ0) is 10.6. The maximum atomic E-state index is 13.0. The van der Waals surface area contributed by atoms with Crippen LogP contribution in [0.15, 0.2) is 23.2 Å². The molecule has 0 saturated heterocycles. The molecule has 1 aromatic rings. The lowest BCUT2D eigenvalue weighted by Gasteiger charge is -1.99. The highest BCUT2D eigenvalue weighted by molar-refractivity contribution is 7.78. The van der Waals surface area contributed by atoms with E-state index < -0.39 is 17.5 Å². The van der Waals surface area contributed by atoms with E-state index in [1.807, 2.05) is 5.16 Å². The molecule has 1 rings (SSSR count). The van der Waals surface area contributed by atoms with Crippen molar-refractivity contribution in [3.63, 3.8) is 0 Å². The van der Waals surface area contributed by atoms with Crippen LogP contribution in [-0.2, 0) is 11.2 Å². The third-order valence-corrected chi connectivity index (χ3v) is 1.63. The highest BCUT2D eigenvalue weighted by Crippen LogP contribution is 2.12. The fourth-order valence-corrected chi connectivity index (χ4v) is 1.04. The number of nitrogens with zero attached hydrogens (tertiary/aromatic N) is 1. The van der Waals surface area contributed by atoms with Crippen molar-refractivity contribution in [3.05, 3.63) is 35.4 Å². The Bertz CT molecular complexity index is 413. The molecule has 0 aromatic heterocycles. The van der Waals surface area contributed by atoms with Crippen LogP contribution in [0.4, 0.5) is 8.78 Å². The number of isothiocyanates is 1. The summed E-state index contributed by atoms with van der Waals surface area (Å²) in [7, 11) is 0. The molecule has 0 heterocycles. The lowest BCUT2D eigenvalue weighted by atomic mass is 10.1. The zero-order valence-electron chi connectivity index (χ0n) is 6.96. The Balaban J connectivity index is 2.92. The number of hydrogen-bond acceptors (Lipinski definition) is 2. The summed E-state index contributed by atoms with van der Waals surface area (Å²) in [6.45, 7) is 0. The topological polar surface area (TPSA) is 29.4 Å². The van der Waals surface area contributed by atoms with Crippen molar-refractivity contribution in [2.45, 2.75) is 6.42 Å². The van der Waals surface area contributed by atoms with Gasteiger partial charge in [-0.25, -0.2) is 8.78 Å². The molecule has 0 saturated carbocycles. The number of halogens is 2. The lowest BCUT2D eigenvalue weighted by Crippen LogP contribution is -2.02. The predicted molar refractivity (Wildman–Crippen MR) is 50.1 cm³/mol. The van der Waals surface area contributed by atoms with Gasteiger partial charge in [0, 0.05) is 5.56 Å². The quantitative estimate of drug-likeness (QED) is 0.556. The molecule has 0 aliphatic heterocycles. The SMILES string of the molecule is O=C(Cc1cccc(F)c1F)N=C=S. The molecule has 0 aliphatic carbocycles. The van der Waals surface area contributed by atoms with Gasteiger partial charge in [0.25, 0.3) is 5.91 Å². The molecule has 0 aliphatic rings. The van der Waals surface area contributed by atoms with E-state index in [0.717, 1.165) is 6.07 Å². The van der Waals surface area contributed by atoms with Crippen molar-refractivity contribution in [1.29, 1.82) is 0 Å². The van der Waals surface area contributed by atoms with Crippen LogP contribution in [0.5, 0.6) is 0 Å². The van der Waals surface area contributed by atoms with Gasteiger partial charge < -0.3 is 0 Å². The lowest BCUT2D eigenvalue weighted by molar-refractivity contribution is -0.117. The van der Waals surface area contributed by atoms with Gasteiger partial charge in [0.1, 0.15) is 0 Å². The minimum absolute atomic E-state index is 0.0380. The normalized spacial score (nSPS) is 9.29. The van der Waals surface area contributed by atoms with Gasteiger partial charge in [-0.05, 0) is 18.3 Å². The number of aliphatic imine (C=N–C) groups is 1. The summed E-state index contributed by atoms with van der Waals surface area (Å²) in [5.74, 6) is -2.66. The molecule has 0 bridgehead atoms. The van der Waals surface area contributed by atoms with Gasteiger partial charge in [0.2, 0.25) is 0 Å². The number of amides is 1. The maximum Gasteiger partial charge on any atom is 0.259 e. The average molecular weight is 213 g/mol. The van der Waals surface area contributed by atoms with E-state index in [9.17, 15) is 13.6 Å². The van der Waals surface area contributed by atoms with Crippen LogP contribution in [0.25, 0.3) is 0 Å². The summed E-state index contributed by atoms with van der Waals surface area (Å²) in [5.41, 5.74) is -0.0380. The zero-order valence-corrected chi connectivity index (χ0v) is 7.78. The first-order chi connectivity index (χ1) is 6.65. The average Bonchev–Trinajstić information content (AvgIpc) is 2.13. The molecule has 5 heteroatoms. The maximum absolute atomic E-state index is 13.0. The second-order valence-corrected chi connectivity index (χ2v) is 2.67. The molecular weight excluding hydrogens is 208 g/mol. The summed E-state index contributed by atoms with van der Waals surface area (Å²) >= 11 is 4.20. The first-order valence-corrected chi connectivity index (χ1v) is 4.09. The van der Waals surface area contributed by atoms with Crippen LogP contribution in [0, 0.1) is 11.6 Å². The summed E-state index contributed by atoms with van der Waals surface area (Å²) < 4.78 is 25.6. The van der Waals surface area contributed by atoms with Gasteiger partial charge in [0.05, 0.1) is 11.6 Å². The van der Waals surface area contributed by atoms with Crippen molar-refractivity contribution >= 4 is 23.3 Å². The molecule has 0 atom stereocenters. The van der Waals surface area contributed by atoms with Gasteiger partial charge in [0.15, 0.2) is 11.6 Å². The van der Waals surface area contributed by atoms with E-state index in [1.165, 1.54) is 12.1 Å². The number of hydrogen-bond donors (Lipinski definition) is 0. The van der Waals surface area contributed by atoms with E-state index in [-0.39, 0.29) is 12.0 Å². The molecule has 14 heavy (non-hydrogen) atoms. The van der Waals surface area contributed by atoms with Crippen molar-refractivity contribution in [3.8, 4) is 0 Å². The van der Waals surface area contributed by atoms with Gasteiger partial charge >= 0.3 is 0 Å². The standard InChI is InChI=1S/C9H5F2NOS/c10-7-3-1-2-6(9(7)11)4-8(13)12-5-14/h1-3H,4H2. The van der Waals surface area contributed by atoms with Gasteiger partial charge in [-0.2, -0.15) is 4.99 Å². The Morgan fingerprint density at radius 1 is 1.50 bits per heavy atom. The highest BCUT2D eigenvalue weighted by atomic mass is 32.1. The molecule has 1 aromatic carbocycles. The van der Waals surface area contributed by atoms with E-state index in [4.69, 9.17) is 0 Å². The fraction of sp³-hybridized carbons (Fsp3) is 0.111. The first-order valence-electron chi connectivity index (χ1n) is 3.68. The Morgan fingerprint density at radius 3 is 2.86 bits per heavy atom. The van der Waals surface area contributed by atoms with Crippen molar-refractivity contribution in [2.24, 2.45) is 4.99 Å². The Hall–Kier alpha value is -1.45. The monoisotopic (exact) mass is 213 g/mol. The molecule has 0 radical (unpaired) electrons. The summed E-state index contributed by atoms with van der Waals surface area (Å²) in [6.07, 6.45) is -0.312. The van der Waals surface area contributed by atoms with Gasteiger partial charge in [-0.1, -0.05) is 12.1 Å². The minimum atomic E-state index is -1.03. The number of rotatable bonds is 2. The predicted octanol–water partition coefficient (Wildman–Crippen LogP) is 2.14. The molecule has 0 fully saturated rings. The summed E-state index contributed by atoms with van der Waals surface area (Å²) in [6, 6.07) is 3.61. The second kappa shape index (κ2) is 4.69. The first kappa shape index (κ1) is 10.6. The van der Waals surface area contributed by atoms with E-state index in [2.05, 4.69) is 17.2 Å². The van der Waals surface area contributed by atoms with Gasteiger partial charge in [-0.3, -0.25) is 4.79 Å². The van der Waals surface area contributed by atoms with Crippen LogP contribution in [0.1, 0.15) is 5.56 Å². The number of benzene rings is 1. The Morgan fingerprint density at radius 2 is 2.21 bits per heavy atom. The van der Waals surface area contributed by atoms with E-state index in [1.54, 1.807) is 0 Å². The van der Waals surface area contributed by atoms with Crippen LogP contribution < -0.4 is 0 Å². The Labute approximate surface area is 84.3 Å². The molecule has 0 spiro atoms. The second-order valence-electron chi connectivity index (χ2n) is 2.49. The summed E-state index contributed by atoms with van der Waals surface area (Å²) in [4.78, 5) is 14.0. The molecule has 2 nitrogen and oxygen atoms in total. The van der Waals surface area contributed by atoms with Gasteiger partial charge in [-0.15, -0.1) is 0 Å². The van der Waals surface area contributed by atoms with E-state index in [0.29, 0.717) is 0 Å². The third-order valence-electron chi connectivity index (χ3n) is 1.54. The molecule has 0 N–H and O–H groups in total. The number of carbonyl (C=O) groups is 1. The van der Waals surface area contributed by atoms with Crippen molar-refractivity contribution in [2.75, 3.05) is 0 Å². The van der Waals surface area contributed by atoms with Crippen LogP contribution in [0.3, 0.4) is 0 Å². The molecule has 72 valence electrons. The Kier molecular flexibility index (Phi) is 3.56.